The Balaban J connectivity index is 2.73. The van der Waals surface area contributed by atoms with E-state index in [9.17, 15) is 17.8 Å². The molecule has 0 unspecified atom stereocenters. The summed E-state index contributed by atoms with van der Waals surface area (Å²) in [6.45, 7) is 1.47. The summed E-state index contributed by atoms with van der Waals surface area (Å²) in [5, 5.41) is 2.47. The normalized spacial score (nSPS) is 13.4. The molecule has 142 valence electrons. The Hall–Kier alpha value is -1.25. The number of sulfone groups is 1. The fourth-order valence-corrected chi connectivity index (χ4v) is 3.77. The Morgan fingerprint density at radius 1 is 1.24 bits per heavy atom. The molecule has 0 spiro atoms. The third kappa shape index (κ3) is 9.72. The van der Waals surface area contributed by atoms with Crippen LogP contribution in [0.15, 0.2) is 30.3 Å². The number of phosphoric ester groups is 1. The van der Waals surface area contributed by atoms with Crippen molar-refractivity contribution in [2.45, 2.75) is 32.2 Å². The number of nitrogens with one attached hydrogen (secondary N) is 1. The molecule has 1 aromatic rings. The zero-order chi connectivity index (χ0) is 18.9. The van der Waals surface area contributed by atoms with Crippen LogP contribution in [0.3, 0.4) is 0 Å². The minimum Gasteiger partial charge on any atom is -0.346 e. The number of benzene rings is 1. The maximum absolute atomic E-state index is 12.1. The highest BCUT2D eigenvalue weighted by molar-refractivity contribution is 7.92. The Labute approximate surface area is 147 Å². The molecule has 0 fully saturated rings. The molecule has 0 aliphatic carbocycles. The van der Waals surface area contributed by atoms with Crippen LogP contribution in [-0.4, -0.2) is 42.2 Å². The highest BCUT2D eigenvalue weighted by Crippen LogP contribution is 2.37. The first kappa shape index (κ1) is 21.8. The van der Waals surface area contributed by atoms with Gasteiger partial charge in [0.1, 0.15) is 5.75 Å². The predicted molar refractivity (Wildman–Crippen MR) is 93.5 cm³/mol. The van der Waals surface area contributed by atoms with Crippen LogP contribution in [0.2, 0.25) is 0 Å². The second-order valence-corrected chi connectivity index (χ2v) is 9.04. The zero-order valence-corrected chi connectivity index (χ0v) is 15.7. The Morgan fingerprint density at radius 3 is 2.44 bits per heavy atom. The summed E-state index contributed by atoms with van der Waals surface area (Å²) in [7, 11) is -8.24. The number of rotatable bonds is 11. The summed E-state index contributed by atoms with van der Waals surface area (Å²) >= 11 is 0. The van der Waals surface area contributed by atoms with E-state index in [0.29, 0.717) is 12.0 Å². The molecular formula is C15H24NO7PS. The molecule has 1 aromatic carbocycles. The lowest BCUT2D eigenvalue weighted by atomic mass is 10.1. The van der Waals surface area contributed by atoms with E-state index in [-0.39, 0.29) is 5.75 Å². The van der Waals surface area contributed by atoms with E-state index in [2.05, 4.69) is 9.84 Å². The summed E-state index contributed by atoms with van der Waals surface area (Å²) in [6.07, 6.45) is 2.14. The van der Waals surface area contributed by atoms with Gasteiger partial charge in [0.25, 0.3) is 0 Å². The van der Waals surface area contributed by atoms with Gasteiger partial charge in [0.15, 0.2) is 9.84 Å². The SMILES string of the molecule is CCCCCS(=O)(=O)CC(=O)N[C@@H](COP(=O)(O)O)c1ccccc1. The number of carbonyl (C=O) groups excluding carboxylic acids is 1. The molecule has 0 saturated heterocycles. The van der Waals surface area contributed by atoms with Crippen LogP contribution >= 0.6 is 7.82 Å². The molecule has 25 heavy (non-hydrogen) atoms. The number of hydrogen-bond donors (Lipinski definition) is 3. The van der Waals surface area contributed by atoms with Crippen LogP contribution in [0.1, 0.15) is 37.8 Å². The topological polar surface area (TPSA) is 130 Å². The van der Waals surface area contributed by atoms with E-state index in [1.54, 1.807) is 30.3 Å². The summed E-state index contributed by atoms with van der Waals surface area (Å²) in [5.74, 6) is -1.47. The van der Waals surface area contributed by atoms with Crippen molar-refractivity contribution in [3.05, 3.63) is 35.9 Å². The van der Waals surface area contributed by atoms with Gasteiger partial charge in [0, 0.05) is 0 Å². The van der Waals surface area contributed by atoms with Crippen molar-refractivity contribution < 1.29 is 32.1 Å². The fraction of sp³-hybridized carbons (Fsp3) is 0.533. The molecule has 1 atom stereocenters. The number of carbonyl (C=O) groups is 1. The number of hydrogen-bond acceptors (Lipinski definition) is 5. The van der Waals surface area contributed by atoms with Gasteiger partial charge in [-0.1, -0.05) is 50.1 Å². The first-order chi connectivity index (χ1) is 11.6. The van der Waals surface area contributed by atoms with Crippen molar-refractivity contribution in [3.8, 4) is 0 Å². The monoisotopic (exact) mass is 393 g/mol. The zero-order valence-electron chi connectivity index (χ0n) is 14.0. The fourth-order valence-electron chi connectivity index (χ4n) is 2.16. The second kappa shape index (κ2) is 10.0. The predicted octanol–water partition coefficient (Wildman–Crippen LogP) is 1.56. The lowest BCUT2D eigenvalue weighted by molar-refractivity contribution is -0.119. The first-order valence-corrected chi connectivity index (χ1v) is 11.2. The summed E-state index contributed by atoms with van der Waals surface area (Å²) in [5.41, 5.74) is 0.549. The van der Waals surface area contributed by atoms with E-state index in [1.165, 1.54) is 0 Å². The molecule has 0 aliphatic heterocycles. The van der Waals surface area contributed by atoms with Gasteiger partial charge in [-0.25, -0.2) is 13.0 Å². The summed E-state index contributed by atoms with van der Waals surface area (Å²) in [4.78, 5) is 29.7. The molecule has 8 nitrogen and oxygen atoms in total. The summed E-state index contributed by atoms with van der Waals surface area (Å²) in [6, 6.07) is 7.53. The van der Waals surface area contributed by atoms with Gasteiger partial charge < -0.3 is 15.1 Å². The molecule has 0 saturated carbocycles. The molecule has 0 heterocycles. The van der Waals surface area contributed by atoms with Crippen molar-refractivity contribution in [1.82, 2.24) is 5.32 Å². The van der Waals surface area contributed by atoms with Gasteiger partial charge in [-0.3, -0.25) is 9.32 Å². The number of phosphoric acid groups is 1. The standard InChI is InChI=1S/C15H24NO7PS/c1-2-3-7-10-25(21,22)12-15(17)16-14(11-23-24(18,19)20)13-8-5-4-6-9-13/h4-6,8-9,14H,2-3,7,10-12H2,1H3,(H,16,17)(H2,18,19,20)/t14-/m0/s1. The van der Waals surface area contributed by atoms with Crippen molar-refractivity contribution in [2.24, 2.45) is 0 Å². The van der Waals surface area contributed by atoms with Gasteiger partial charge in [-0.2, -0.15) is 0 Å². The van der Waals surface area contributed by atoms with Crippen LogP contribution in [0, 0.1) is 0 Å². The quantitative estimate of drug-likeness (QED) is 0.384. The molecule has 0 aromatic heterocycles. The average molecular weight is 393 g/mol. The van der Waals surface area contributed by atoms with E-state index in [0.717, 1.165) is 12.8 Å². The van der Waals surface area contributed by atoms with Gasteiger partial charge in [0.2, 0.25) is 5.91 Å². The highest BCUT2D eigenvalue weighted by atomic mass is 32.2. The van der Waals surface area contributed by atoms with Crippen molar-refractivity contribution >= 4 is 23.6 Å². The minimum atomic E-state index is -4.71. The van der Waals surface area contributed by atoms with Gasteiger partial charge in [-0.05, 0) is 12.0 Å². The van der Waals surface area contributed by atoms with Crippen molar-refractivity contribution in [2.75, 3.05) is 18.1 Å². The Kier molecular flexibility index (Phi) is 8.75. The lowest BCUT2D eigenvalue weighted by Crippen LogP contribution is -2.36. The molecular weight excluding hydrogens is 369 g/mol. The van der Waals surface area contributed by atoms with Gasteiger partial charge >= 0.3 is 7.82 Å². The molecule has 0 radical (unpaired) electrons. The van der Waals surface area contributed by atoms with Crippen molar-refractivity contribution in [1.29, 1.82) is 0 Å². The van der Waals surface area contributed by atoms with Crippen LogP contribution in [0.25, 0.3) is 0 Å². The first-order valence-electron chi connectivity index (χ1n) is 7.88. The molecule has 1 rings (SSSR count). The van der Waals surface area contributed by atoms with Crippen LogP contribution in [-0.2, 0) is 23.7 Å². The van der Waals surface area contributed by atoms with Gasteiger partial charge in [-0.15, -0.1) is 0 Å². The minimum absolute atomic E-state index is 0.0662. The number of unbranched alkanes of at least 4 members (excludes halogenated alkanes) is 2. The lowest BCUT2D eigenvalue weighted by Gasteiger charge is -2.19. The van der Waals surface area contributed by atoms with Crippen LogP contribution in [0.5, 0.6) is 0 Å². The third-order valence-corrected chi connectivity index (χ3v) is 5.45. The molecule has 0 bridgehead atoms. The van der Waals surface area contributed by atoms with Crippen LogP contribution in [0.4, 0.5) is 0 Å². The smallest absolute Gasteiger partial charge is 0.346 e. The molecule has 3 N–H and O–H groups in total. The maximum Gasteiger partial charge on any atom is 0.469 e. The van der Waals surface area contributed by atoms with E-state index in [1.807, 2.05) is 6.92 Å². The van der Waals surface area contributed by atoms with E-state index in [4.69, 9.17) is 9.79 Å². The number of amides is 1. The Morgan fingerprint density at radius 2 is 1.88 bits per heavy atom. The second-order valence-electron chi connectivity index (χ2n) is 5.62. The van der Waals surface area contributed by atoms with Crippen molar-refractivity contribution in [3.63, 3.8) is 0 Å². The molecule has 1 amide bonds. The largest absolute Gasteiger partial charge is 0.469 e. The average Bonchev–Trinajstić information content (AvgIpc) is 2.51. The highest BCUT2D eigenvalue weighted by Gasteiger charge is 2.23. The van der Waals surface area contributed by atoms with E-state index >= 15 is 0 Å². The van der Waals surface area contributed by atoms with Crippen LogP contribution < -0.4 is 5.32 Å². The molecule has 10 heteroatoms. The van der Waals surface area contributed by atoms with E-state index < -0.39 is 42.0 Å². The third-order valence-electron chi connectivity index (χ3n) is 3.36. The maximum atomic E-state index is 12.1. The summed E-state index contributed by atoms with van der Waals surface area (Å²) < 4.78 is 39.2. The van der Waals surface area contributed by atoms with Gasteiger partial charge in [0.05, 0.1) is 18.4 Å². The molecule has 0 aliphatic rings. The Bertz CT molecular complexity index is 687.